The van der Waals surface area contributed by atoms with E-state index in [0.717, 1.165) is 25.9 Å². The minimum Gasteiger partial charge on any atom is -0.389 e. The Labute approximate surface area is 151 Å². The molecule has 6 nitrogen and oxygen atoms in total. The lowest BCUT2D eigenvalue weighted by Crippen LogP contribution is -2.50. The number of anilines is 2. The van der Waals surface area contributed by atoms with E-state index in [-0.39, 0.29) is 12.1 Å². The van der Waals surface area contributed by atoms with E-state index in [9.17, 15) is 9.90 Å². The first kappa shape index (κ1) is 19.4. The third-order valence-electron chi connectivity index (χ3n) is 4.52. The molecule has 0 aliphatic carbocycles. The summed E-state index contributed by atoms with van der Waals surface area (Å²) in [6.07, 6.45) is 1.86. The molecule has 6 heteroatoms. The first-order valence-electron chi connectivity index (χ1n) is 8.92. The Kier molecular flexibility index (Phi) is 6.16. The largest absolute Gasteiger partial charge is 0.389 e. The smallest absolute Gasteiger partial charge is 0.317 e. The van der Waals surface area contributed by atoms with Gasteiger partial charge in [0, 0.05) is 51.6 Å². The van der Waals surface area contributed by atoms with Crippen molar-refractivity contribution < 1.29 is 9.90 Å². The van der Waals surface area contributed by atoms with Gasteiger partial charge in [-0.25, -0.2) is 4.79 Å². The van der Waals surface area contributed by atoms with E-state index < -0.39 is 5.60 Å². The van der Waals surface area contributed by atoms with Gasteiger partial charge in [0.05, 0.1) is 12.1 Å². The van der Waals surface area contributed by atoms with Gasteiger partial charge in [0.2, 0.25) is 0 Å². The van der Waals surface area contributed by atoms with Crippen molar-refractivity contribution in [2.75, 3.05) is 50.6 Å². The van der Waals surface area contributed by atoms with E-state index in [2.05, 4.69) is 39.4 Å². The summed E-state index contributed by atoms with van der Waals surface area (Å²) in [6, 6.07) is 8.66. The van der Waals surface area contributed by atoms with Gasteiger partial charge in [-0.05, 0) is 51.0 Å². The minimum absolute atomic E-state index is 0.115. The van der Waals surface area contributed by atoms with Crippen LogP contribution in [0.2, 0.25) is 0 Å². The number of nitrogens with zero attached hydrogens (tertiary/aromatic N) is 3. The molecule has 1 saturated heterocycles. The zero-order valence-electron chi connectivity index (χ0n) is 16.1. The van der Waals surface area contributed by atoms with Crippen LogP contribution in [0.5, 0.6) is 0 Å². The lowest BCUT2D eigenvalue weighted by molar-refractivity contribution is 0.0526. The van der Waals surface area contributed by atoms with Crippen molar-refractivity contribution in [3.8, 4) is 0 Å². The standard InChI is InChI=1S/C19H32N4O2/c1-19(2,25)14-22(5)18(24)20-15-10-12-23(13-11-15)17-8-6-16(7-9-17)21(3)4/h6-9,15,25H,10-14H2,1-5H3,(H,20,24). The average Bonchev–Trinajstić information content (AvgIpc) is 2.54. The zero-order valence-corrected chi connectivity index (χ0v) is 16.1. The molecular weight excluding hydrogens is 316 g/mol. The number of likely N-dealkylation sites (N-methyl/N-ethyl adjacent to an activating group) is 1. The van der Waals surface area contributed by atoms with Crippen LogP contribution >= 0.6 is 0 Å². The van der Waals surface area contributed by atoms with Gasteiger partial charge in [0.1, 0.15) is 0 Å². The Bertz CT molecular complexity index is 558. The van der Waals surface area contributed by atoms with Crippen LogP contribution in [0.15, 0.2) is 24.3 Å². The Morgan fingerprint density at radius 1 is 1.20 bits per heavy atom. The Morgan fingerprint density at radius 2 is 1.76 bits per heavy atom. The maximum Gasteiger partial charge on any atom is 0.317 e. The summed E-state index contributed by atoms with van der Waals surface area (Å²) in [5.74, 6) is 0. The van der Waals surface area contributed by atoms with Gasteiger partial charge in [-0.1, -0.05) is 0 Å². The highest BCUT2D eigenvalue weighted by atomic mass is 16.3. The van der Waals surface area contributed by atoms with Gasteiger partial charge in [-0.2, -0.15) is 0 Å². The van der Waals surface area contributed by atoms with Crippen molar-refractivity contribution in [2.24, 2.45) is 0 Å². The highest BCUT2D eigenvalue weighted by Crippen LogP contribution is 2.23. The van der Waals surface area contributed by atoms with Crippen molar-refractivity contribution in [3.05, 3.63) is 24.3 Å². The number of carbonyl (C=O) groups is 1. The van der Waals surface area contributed by atoms with Crippen molar-refractivity contribution in [3.63, 3.8) is 0 Å². The number of aliphatic hydroxyl groups is 1. The maximum absolute atomic E-state index is 12.2. The molecule has 1 heterocycles. The fourth-order valence-corrected chi connectivity index (χ4v) is 3.18. The number of rotatable bonds is 5. The summed E-state index contributed by atoms with van der Waals surface area (Å²) in [4.78, 5) is 18.2. The number of benzene rings is 1. The second-order valence-corrected chi connectivity index (χ2v) is 7.79. The van der Waals surface area contributed by atoms with Crippen molar-refractivity contribution in [1.29, 1.82) is 0 Å². The predicted octanol–water partition coefficient (Wildman–Crippen LogP) is 2.13. The van der Waals surface area contributed by atoms with E-state index >= 15 is 0 Å². The van der Waals surface area contributed by atoms with Crippen LogP contribution in [0.4, 0.5) is 16.2 Å². The molecule has 1 aliphatic heterocycles. The van der Waals surface area contributed by atoms with Gasteiger partial charge in [-0.15, -0.1) is 0 Å². The quantitative estimate of drug-likeness (QED) is 0.856. The summed E-state index contributed by atoms with van der Waals surface area (Å²) < 4.78 is 0. The third-order valence-corrected chi connectivity index (χ3v) is 4.52. The molecule has 25 heavy (non-hydrogen) atoms. The minimum atomic E-state index is -0.881. The molecule has 0 bridgehead atoms. The molecule has 2 amide bonds. The summed E-state index contributed by atoms with van der Waals surface area (Å²) in [7, 11) is 5.80. The van der Waals surface area contributed by atoms with Gasteiger partial charge in [-0.3, -0.25) is 0 Å². The van der Waals surface area contributed by atoms with Crippen molar-refractivity contribution in [1.82, 2.24) is 10.2 Å². The molecule has 0 saturated carbocycles. The number of hydrogen-bond donors (Lipinski definition) is 2. The van der Waals surface area contributed by atoms with Crippen LogP contribution in [-0.4, -0.2) is 68.5 Å². The topological polar surface area (TPSA) is 59.1 Å². The number of piperidine rings is 1. The summed E-state index contributed by atoms with van der Waals surface area (Å²) in [5, 5.41) is 12.9. The highest BCUT2D eigenvalue weighted by Gasteiger charge is 2.24. The molecule has 0 atom stereocenters. The Hall–Kier alpha value is -1.95. The van der Waals surface area contributed by atoms with Gasteiger partial charge >= 0.3 is 6.03 Å². The second-order valence-electron chi connectivity index (χ2n) is 7.79. The number of nitrogens with one attached hydrogen (secondary N) is 1. The molecule has 1 fully saturated rings. The Balaban J connectivity index is 1.82. The lowest BCUT2D eigenvalue weighted by atomic mass is 10.0. The first-order valence-corrected chi connectivity index (χ1v) is 8.92. The number of hydrogen-bond acceptors (Lipinski definition) is 4. The molecule has 1 aromatic rings. The van der Waals surface area contributed by atoms with Crippen molar-refractivity contribution >= 4 is 17.4 Å². The van der Waals surface area contributed by atoms with Gasteiger partial charge < -0.3 is 25.1 Å². The molecule has 1 aromatic carbocycles. The molecule has 0 unspecified atom stereocenters. The molecule has 0 aromatic heterocycles. The summed E-state index contributed by atoms with van der Waals surface area (Å²) in [5.41, 5.74) is 1.55. The van der Waals surface area contributed by atoms with E-state index in [0.29, 0.717) is 6.54 Å². The number of carbonyl (C=O) groups excluding carboxylic acids is 1. The molecule has 0 radical (unpaired) electrons. The van der Waals surface area contributed by atoms with Gasteiger partial charge in [0.25, 0.3) is 0 Å². The van der Waals surface area contributed by atoms with Crippen LogP contribution in [0.3, 0.4) is 0 Å². The summed E-state index contributed by atoms with van der Waals surface area (Å²) in [6.45, 7) is 5.59. The van der Waals surface area contributed by atoms with Crippen LogP contribution in [0.1, 0.15) is 26.7 Å². The van der Waals surface area contributed by atoms with Crippen LogP contribution in [-0.2, 0) is 0 Å². The SMILES string of the molecule is CN(CC(C)(C)O)C(=O)NC1CCN(c2ccc(N(C)C)cc2)CC1. The normalized spacial score (nSPS) is 15.8. The van der Waals surface area contributed by atoms with Crippen LogP contribution in [0, 0.1) is 0 Å². The lowest BCUT2D eigenvalue weighted by Gasteiger charge is -2.35. The van der Waals surface area contributed by atoms with E-state index in [1.807, 2.05) is 14.1 Å². The fourth-order valence-electron chi connectivity index (χ4n) is 3.18. The van der Waals surface area contributed by atoms with E-state index in [4.69, 9.17) is 0 Å². The van der Waals surface area contributed by atoms with Gasteiger partial charge in [0.15, 0.2) is 0 Å². The average molecular weight is 348 g/mol. The first-order chi connectivity index (χ1) is 11.7. The highest BCUT2D eigenvalue weighted by molar-refractivity contribution is 5.74. The number of urea groups is 1. The molecule has 2 rings (SSSR count). The maximum atomic E-state index is 12.2. The monoisotopic (exact) mass is 348 g/mol. The molecular formula is C19H32N4O2. The zero-order chi connectivity index (χ0) is 18.6. The third kappa shape index (κ3) is 5.81. The molecule has 2 N–H and O–H groups in total. The second kappa shape index (κ2) is 7.95. The van der Waals surface area contributed by atoms with E-state index in [1.165, 1.54) is 11.4 Å². The summed E-state index contributed by atoms with van der Waals surface area (Å²) >= 11 is 0. The Morgan fingerprint density at radius 3 is 2.24 bits per heavy atom. The molecule has 0 spiro atoms. The molecule has 140 valence electrons. The van der Waals surface area contributed by atoms with E-state index in [1.54, 1.807) is 25.8 Å². The molecule has 1 aliphatic rings. The fraction of sp³-hybridized carbons (Fsp3) is 0.632. The van der Waals surface area contributed by atoms with Crippen LogP contribution < -0.4 is 15.1 Å². The van der Waals surface area contributed by atoms with Crippen LogP contribution in [0.25, 0.3) is 0 Å². The van der Waals surface area contributed by atoms with Crippen molar-refractivity contribution in [2.45, 2.75) is 38.3 Å². The number of amides is 2. The predicted molar refractivity (Wildman–Crippen MR) is 103 cm³/mol.